The van der Waals surface area contributed by atoms with E-state index in [2.05, 4.69) is 22.2 Å². The quantitative estimate of drug-likeness (QED) is 0.606. The number of aliphatic hydroxyl groups is 1. The molecule has 0 unspecified atom stereocenters. The van der Waals surface area contributed by atoms with Crippen molar-refractivity contribution in [3.63, 3.8) is 0 Å². The fourth-order valence-electron chi connectivity index (χ4n) is 2.81. The zero-order chi connectivity index (χ0) is 19.1. The Kier molecular flexibility index (Phi) is 7.20. The summed E-state index contributed by atoms with van der Waals surface area (Å²) in [7, 11) is 0. The molecule has 2 aromatic rings. The lowest BCUT2D eigenvalue weighted by molar-refractivity contribution is -0.159. The highest BCUT2D eigenvalue weighted by Gasteiger charge is 2.15. The van der Waals surface area contributed by atoms with E-state index < -0.39 is 11.9 Å². The second kappa shape index (κ2) is 9.38. The van der Waals surface area contributed by atoms with Crippen LogP contribution in [0.25, 0.3) is 16.5 Å². The van der Waals surface area contributed by atoms with Gasteiger partial charge < -0.3 is 20.3 Å². The summed E-state index contributed by atoms with van der Waals surface area (Å²) < 4.78 is 0. The number of rotatable bonds is 4. The molecule has 0 radical (unpaired) electrons. The Morgan fingerprint density at radius 2 is 1.96 bits per heavy atom. The third-order valence-electron chi connectivity index (χ3n) is 4.10. The molecule has 1 aromatic heterocycles. The largest absolute Gasteiger partial charge is 0.473 e. The molecule has 0 spiro atoms. The number of benzene rings is 1. The first-order chi connectivity index (χ1) is 12.4. The van der Waals surface area contributed by atoms with Gasteiger partial charge in [0.2, 0.25) is 0 Å². The Balaban J connectivity index is 0.000000352. The predicted octanol–water partition coefficient (Wildman–Crippen LogP) is 2.45. The molecule has 0 saturated carbocycles. The minimum atomic E-state index is -1.82. The van der Waals surface area contributed by atoms with Crippen molar-refractivity contribution in [2.75, 3.05) is 26.2 Å². The van der Waals surface area contributed by atoms with Gasteiger partial charge in [-0.25, -0.2) is 9.59 Å². The van der Waals surface area contributed by atoms with Crippen molar-refractivity contribution in [1.29, 1.82) is 0 Å². The fraction of sp³-hybridized carbons (Fsp3) is 0.333. The van der Waals surface area contributed by atoms with Gasteiger partial charge in [0.1, 0.15) is 0 Å². The van der Waals surface area contributed by atoms with Gasteiger partial charge in [-0.3, -0.25) is 4.90 Å². The Bertz CT molecular complexity index is 803. The highest BCUT2D eigenvalue weighted by Crippen LogP contribution is 2.30. The minimum absolute atomic E-state index is 0.272. The summed E-state index contributed by atoms with van der Waals surface area (Å²) in [5.74, 6) is -3.65. The summed E-state index contributed by atoms with van der Waals surface area (Å²) in [4.78, 5) is 23.9. The number of aromatic nitrogens is 1. The molecule has 3 rings (SSSR count). The maximum absolute atomic E-state index is 9.10. The van der Waals surface area contributed by atoms with Crippen LogP contribution in [-0.2, 0) is 9.59 Å². The number of hydrogen-bond acceptors (Lipinski definition) is 4. The molecule has 1 aliphatic rings. The van der Waals surface area contributed by atoms with Crippen LogP contribution in [0, 0.1) is 0 Å². The number of hydrogen-bond donors (Lipinski definition) is 4. The van der Waals surface area contributed by atoms with E-state index in [1.54, 1.807) is 0 Å². The van der Waals surface area contributed by atoms with Gasteiger partial charge in [-0.05, 0) is 36.6 Å². The van der Waals surface area contributed by atoms with Crippen LogP contribution in [0.15, 0.2) is 30.5 Å². The van der Waals surface area contributed by atoms with Crippen LogP contribution in [0.3, 0.4) is 0 Å². The van der Waals surface area contributed by atoms with Crippen molar-refractivity contribution in [1.82, 2.24) is 9.88 Å². The summed E-state index contributed by atoms with van der Waals surface area (Å²) in [5.41, 5.74) is 3.79. The van der Waals surface area contributed by atoms with E-state index in [-0.39, 0.29) is 6.61 Å². The average molecular weight is 381 g/mol. The van der Waals surface area contributed by atoms with Gasteiger partial charge in [0.15, 0.2) is 0 Å². The maximum Gasteiger partial charge on any atom is 0.414 e. The number of nitrogens with zero attached hydrogens (tertiary/aromatic N) is 1. The Labute approximate surface area is 155 Å². The number of aliphatic hydroxyl groups excluding tert-OH is 1. The number of carboxylic acids is 2. The van der Waals surface area contributed by atoms with Crippen LogP contribution in [0.2, 0.25) is 5.02 Å². The molecular weight excluding hydrogens is 360 g/mol. The van der Waals surface area contributed by atoms with E-state index in [0.29, 0.717) is 0 Å². The number of aliphatic carboxylic acids is 2. The molecule has 140 valence electrons. The third kappa shape index (κ3) is 5.32. The van der Waals surface area contributed by atoms with Gasteiger partial charge in [0.25, 0.3) is 0 Å². The van der Waals surface area contributed by atoms with Gasteiger partial charge in [-0.15, -0.1) is 0 Å². The van der Waals surface area contributed by atoms with Crippen LogP contribution >= 0.6 is 11.6 Å². The molecular formula is C18H21ClN2O5. The maximum atomic E-state index is 9.10. The van der Waals surface area contributed by atoms with Gasteiger partial charge in [0, 0.05) is 53.9 Å². The molecule has 26 heavy (non-hydrogen) atoms. The third-order valence-corrected chi connectivity index (χ3v) is 4.33. The highest BCUT2D eigenvalue weighted by molar-refractivity contribution is 6.31. The summed E-state index contributed by atoms with van der Waals surface area (Å²) in [6, 6.07) is 5.97. The second-order valence-corrected chi connectivity index (χ2v) is 6.30. The first-order valence-corrected chi connectivity index (χ1v) is 8.55. The molecule has 0 bridgehead atoms. The van der Waals surface area contributed by atoms with E-state index in [9.17, 15) is 0 Å². The van der Waals surface area contributed by atoms with Crippen LogP contribution in [0.4, 0.5) is 0 Å². The monoisotopic (exact) mass is 380 g/mol. The van der Waals surface area contributed by atoms with Crippen molar-refractivity contribution in [3.8, 4) is 0 Å². The molecule has 0 saturated heterocycles. The standard InChI is InChI=1S/C16H19ClN2O.C2H2O4/c17-13-2-3-16-14(10-13)15(11-18-16)12-4-7-19(8-5-12)6-1-9-20;3-1(4)2(5)6/h2-4,10-11,18,20H,1,5-9H2;(H,3,4)(H,5,6). The van der Waals surface area contributed by atoms with Crippen molar-refractivity contribution in [3.05, 3.63) is 41.1 Å². The van der Waals surface area contributed by atoms with Gasteiger partial charge in [0.05, 0.1) is 0 Å². The first kappa shape index (κ1) is 20.0. The number of nitrogens with one attached hydrogen (secondary N) is 1. The number of fused-ring (bicyclic) bond motifs is 1. The topological polar surface area (TPSA) is 114 Å². The van der Waals surface area contributed by atoms with Crippen molar-refractivity contribution in [2.24, 2.45) is 0 Å². The SMILES string of the molecule is O=C(O)C(=O)O.OCCCN1CC=C(c2c[nH]c3ccc(Cl)cc23)CC1. The zero-order valence-electron chi connectivity index (χ0n) is 14.1. The normalized spacial score (nSPS) is 14.5. The number of H-pyrrole nitrogens is 1. The van der Waals surface area contributed by atoms with Crippen LogP contribution < -0.4 is 0 Å². The molecule has 0 amide bonds. The number of carboxylic acid groups (broad SMARTS) is 2. The lowest BCUT2D eigenvalue weighted by atomic mass is 9.99. The number of aromatic amines is 1. The summed E-state index contributed by atoms with van der Waals surface area (Å²) in [6.45, 7) is 3.26. The number of halogens is 1. The van der Waals surface area contributed by atoms with Crippen LogP contribution in [0.5, 0.6) is 0 Å². The molecule has 4 N–H and O–H groups in total. The Morgan fingerprint density at radius 1 is 1.23 bits per heavy atom. The predicted molar refractivity (Wildman–Crippen MR) is 99.3 cm³/mol. The number of carbonyl (C=O) groups is 2. The van der Waals surface area contributed by atoms with E-state index in [0.717, 1.165) is 43.0 Å². The van der Waals surface area contributed by atoms with E-state index in [1.165, 1.54) is 16.5 Å². The van der Waals surface area contributed by atoms with Crippen molar-refractivity contribution >= 4 is 40.0 Å². The van der Waals surface area contributed by atoms with E-state index in [4.69, 9.17) is 36.5 Å². The van der Waals surface area contributed by atoms with E-state index in [1.807, 2.05) is 18.2 Å². The lowest BCUT2D eigenvalue weighted by Crippen LogP contribution is -2.29. The molecule has 0 aliphatic carbocycles. The van der Waals surface area contributed by atoms with E-state index >= 15 is 0 Å². The van der Waals surface area contributed by atoms with Crippen molar-refractivity contribution < 1.29 is 24.9 Å². The fourth-order valence-corrected chi connectivity index (χ4v) is 2.98. The zero-order valence-corrected chi connectivity index (χ0v) is 14.9. The molecule has 0 fully saturated rings. The first-order valence-electron chi connectivity index (χ1n) is 8.18. The van der Waals surface area contributed by atoms with Gasteiger partial charge >= 0.3 is 11.9 Å². The van der Waals surface area contributed by atoms with Crippen LogP contribution in [-0.4, -0.2) is 63.4 Å². The van der Waals surface area contributed by atoms with Gasteiger partial charge in [-0.1, -0.05) is 17.7 Å². The average Bonchev–Trinajstić information content (AvgIpc) is 3.04. The summed E-state index contributed by atoms with van der Waals surface area (Å²) in [6.07, 6.45) is 6.28. The molecule has 1 aliphatic heterocycles. The molecule has 1 aromatic carbocycles. The smallest absolute Gasteiger partial charge is 0.414 e. The Hall–Kier alpha value is -2.35. The minimum Gasteiger partial charge on any atom is -0.473 e. The molecule has 0 atom stereocenters. The molecule has 7 nitrogen and oxygen atoms in total. The summed E-state index contributed by atoms with van der Waals surface area (Å²) >= 11 is 6.10. The van der Waals surface area contributed by atoms with Gasteiger partial charge in [-0.2, -0.15) is 0 Å². The van der Waals surface area contributed by atoms with Crippen molar-refractivity contribution in [2.45, 2.75) is 12.8 Å². The van der Waals surface area contributed by atoms with Crippen LogP contribution in [0.1, 0.15) is 18.4 Å². The second-order valence-electron chi connectivity index (χ2n) is 5.86. The summed E-state index contributed by atoms with van der Waals surface area (Å²) in [5, 5.41) is 25.6. The Morgan fingerprint density at radius 3 is 2.54 bits per heavy atom. The lowest BCUT2D eigenvalue weighted by Gasteiger charge is -2.25. The molecule has 8 heteroatoms. The highest BCUT2D eigenvalue weighted by atomic mass is 35.5. The molecule has 2 heterocycles.